The summed E-state index contributed by atoms with van der Waals surface area (Å²) in [6, 6.07) is 14.5. The Morgan fingerprint density at radius 3 is 2.13 bits per heavy atom. The maximum atomic E-state index is 5.44. The third-order valence-electron chi connectivity index (χ3n) is 4.29. The van der Waals surface area contributed by atoms with E-state index in [1.807, 2.05) is 6.07 Å². The first-order valence-electron chi connectivity index (χ1n) is 7.80. The minimum absolute atomic E-state index is 0.517. The van der Waals surface area contributed by atoms with Crippen LogP contribution in [0.3, 0.4) is 0 Å². The van der Waals surface area contributed by atoms with Crippen LogP contribution in [0.25, 0.3) is 6.08 Å². The van der Waals surface area contributed by atoms with Gasteiger partial charge in [0, 0.05) is 0 Å². The van der Waals surface area contributed by atoms with E-state index in [1.165, 1.54) is 11.1 Å². The summed E-state index contributed by atoms with van der Waals surface area (Å²) in [5, 5.41) is 0. The van der Waals surface area contributed by atoms with Gasteiger partial charge in [0.1, 0.15) is 0 Å². The van der Waals surface area contributed by atoms with E-state index in [-0.39, 0.29) is 0 Å². The average Bonchev–Trinajstić information content (AvgIpc) is 3.39. The lowest BCUT2D eigenvalue weighted by Gasteiger charge is -2.14. The van der Waals surface area contributed by atoms with Crippen molar-refractivity contribution in [1.82, 2.24) is 0 Å². The normalized spacial score (nSPS) is 19.6. The van der Waals surface area contributed by atoms with E-state index in [4.69, 9.17) is 14.2 Å². The Bertz CT molecular complexity index is 666. The second-order valence-corrected chi connectivity index (χ2v) is 5.73. The van der Waals surface area contributed by atoms with Crippen LogP contribution in [0.4, 0.5) is 0 Å². The van der Waals surface area contributed by atoms with Crippen LogP contribution in [0.1, 0.15) is 23.5 Å². The van der Waals surface area contributed by atoms with E-state index >= 15 is 0 Å². The zero-order chi connectivity index (χ0) is 16.2. The number of ether oxygens (including phenoxy) is 3. The molecular weight excluding hydrogens is 288 g/mol. The summed E-state index contributed by atoms with van der Waals surface area (Å²) in [5.41, 5.74) is 2.48. The van der Waals surface area contributed by atoms with Gasteiger partial charge in [-0.25, -0.2) is 0 Å². The van der Waals surface area contributed by atoms with E-state index in [1.54, 1.807) is 21.3 Å². The van der Waals surface area contributed by atoms with Gasteiger partial charge < -0.3 is 14.2 Å². The molecule has 2 aromatic carbocycles. The van der Waals surface area contributed by atoms with Gasteiger partial charge in [0.15, 0.2) is 11.5 Å². The Kier molecular flexibility index (Phi) is 4.56. The largest absolute Gasteiger partial charge is 0.493 e. The van der Waals surface area contributed by atoms with Crippen molar-refractivity contribution < 1.29 is 14.2 Å². The van der Waals surface area contributed by atoms with Crippen LogP contribution < -0.4 is 14.2 Å². The third-order valence-corrected chi connectivity index (χ3v) is 4.29. The van der Waals surface area contributed by atoms with E-state index in [0.717, 1.165) is 17.9 Å². The Hall–Kier alpha value is -2.42. The van der Waals surface area contributed by atoms with Gasteiger partial charge in [-0.3, -0.25) is 0 Å². The Morgan fingerprint density at radius 1 is 0.913 bits per heavy atom. The lowest BCUT2D eigenvalue weighted by molar-refractivity contribution is 0.324. The average molecular weight is 310 g/mol. The summed E-state index contributed by atoms with van der Waals surface area (Å²) in [5.74, 6) is 3.18. The molecule has 23 heavy (non-hydrogen) atoms. The van der Waals surface area contributed by atoms with E-state index in [2.05, 4.69) is 48.6 Å². The van der Waals surface area contributed by atoms with Gasteiger partial charge in [-0.2, -0.15) is 0 Å². The van der Waals surface area contributed by atoms with Gasteiger partial charge in [0.05, 0.1) is 21.3 Å². The highest BCUT2D eigenvalue weighted by molar-refractivity contribution is 5.56. The monoisotopic (exact) mass is 310 g/mol. The van der Waals surface area contributed by atoms with Crippen LogP contribution in [0.15, 0.2) is 48.5 Å². The van der Waals surface area contributed by atoms with Crippen molar-refractivity contribution in [2.24, 2.45) is 5.92 Å². The Morgan fingerprint density at radius 2 is 1.57 bits per heavy atom. The molecule has 3 rings (SSSR count). The van der Waals surface area contributed by atoms with Crippen LogP contribution in [0.2, 0.25) is 0 Å². The van der Waals surface area contributed by atoms with Crippen molar-refractivity contribution in [3.8, 4) is 17.2 Å². The lowest BCUT2D eigenvalue weighted by Crippen LogP contribution is -1.96. The van der Waals surface area contributed by atoms with Crippen molar-refractivity contribution >= 4 is 6.08 Å². The minimum Gasteiger partial charge on any atom is -0.493 e. The molecule has 1 aliphatic carbocycles. The van der Waals surface area contributed by atoms with Crippen molar-refractivity contribution in [2.75, 3.05) is 21.3 Å². The number of rotatable bonds is 6. The van der Waals surface area contributed by atoms with Gasteiger partial charge in [0.2, 0.25) is 5.75 Å². The maximum Gasteiger partial charge on any atom is 0.203 e. The number of hydrogen-bond acceptors (Lipinski definition) is 3. The van der Waals surface area contributed by atoms with Crippen LogP contribution in [0.5, 0.6) is 17.2 Å². The lowest BCUT2D eigenvalue weighted by atomic mass is 10.1. The zero-order valence-electron chi connectivity index (χ0n) is 13.8. The molecule has 0 amide bonds. The predicted octanol–water partition coefficient (Wildman–Crippen LogP) is 4.53. The van der Waals surface area contributed by atoms with Crippen LogP contribution in [-0.4, -0.2) is 21.3 Å². The molecule has 3 heteroatoms. The molecule has 120 valence electrons. The Labute approximate surface area is 137 Å². The minimum atomic E-state index is 0.517. The fourth-order valence-electron chi connectivity index (χ4n) is 2.92. The standard InChI is InChI=1S/C20H22O3/c1-21-18-12-16(13-19(22-2)20(18)23-3)17-11-15(17)10-9-14-7-5-4-6-8-14/h4-10,12-13,15,17H,11H2,1-3H3/b10-9+/t15-,17+/m0/s1. The van der Waals surface area contributed by atoms with E-state index < -0.39 is 0 Å². The van der Waals surface area contributed by atoms with Gasteiger partial charge in [0.25, 0.3) is 0 Å². The molecule has 2 aromatic rings. The molecule has 0 aliphatic heterocycles. The summed E-state index contributed by atoms with van der Waals surface area (Å²) in [4.78, 5) is 0. The first-order chi connectivity index (χ1) is 11.3. The SMILES string of the molecule is COc1cc([C@@H]2C[C@@H]2/C=C/c2ccccc2)cc(OC)c1OC. The van der Waals surface area contributed by atoms with Crippen molar-refractivity contribution in [2.45, 2.75) is 12.3 Å². The van der Waals surface area contributed by atoms with Gasteiger partial charge in [-0.05, 0) is 41.5 Å². The molecule has 0 N–H and O–H groups in total. The molecule has 0 radical (unpaired) electrons. The van der Waals surface area contributed by atoms with E-state index in [0.29, 0.717) is 17.6 Å². The molecule has 1 fully saturated rings. The highest BCUT2D eigenvalue weighted by atomic mass is 16.5. The number of methoxy groups -OCH3 is 3. The fraction of sp³-hybridized carbons (Fsp3) is 0.300. The van der Waals surface area contributed by atoms with Gasteiger partial charge in [-0.1, -0.05) is 42.5 Å². The highest BCUT2D eigenvalue weighted by Crippen LogP contribution is 2.52. The van der Waals surface area contributed by atoms with Crippen molar-refractivity contribution in [3.05, 3.63) is 59.7 Å². The number of allylic oxidation sites excluding steroid dienone is 1. The zero-order valence-corrected chi connectivity index (χ0v) is 13.8. The number of hydrogen-bond donors (Lipinski definition) is 0. The molecule has 0 aromatic heterocycles. The van der Waals surface area contributed by atoms with E-state index in [9.17, 15) is 0 Å². The highest BCUT2D eigenvalue weighted by Gasteiger charge is 2.37. The fourth-order valence-corrected chi connectivity index (χ4v) is 2.92. The third kappa shape index (κ3) is 3.34. The van der Waals surface area contributed by atoms with Crippen LogP contribution in [0, 0.1) is 5.92 Å². The predicted molar refractivity (Wildman–Crippen MR) is 92.4 cm³/mol. The number of benzene rings is 2. The summed E-state index contributed by atoms with van der Waals surface area (Å²) in [6.07, 6.45) is 5.65. The second kappa shape index (κ2) is 6.78. The summed E-state index contributed by atoms with van der Waals surface area (Å²) < 4.78 is 16.3. The van der Waals surface area contributed by atoms with Crippen LogP contribution in [-0.2, 0) is 0 Å². The Balaban J connectivity index is 1.77. The molecule has 0 unspecified atom stereocenters. The van der Waals surface area contributed by atoms with Crippen molar-refractivity contribution in [1.29, 1.82) is 0 Å². The first-order valence-corrected chi connectivity index (χ1v) is 7.80. The van der Waals surface area contributed by atoms with Crippen molar-refractivity contribution in [3.63, 3.8) is 0 Å². The maximum absolute atomic E-state index is 5.44. The first kappa shape index (κ1) is 15.5. The smallest absolute Gasteiger partial charge is 0.203 e. The second-order valence-electron chi connectivity index (χ2n) is 5.73. The topological polar surface area (TPSA) is 27.7 Å². The molecule has 3 nitrogen and oxygen atoms in total. The summed E-state index contributed by atoms with van der Waals surface area (Å²) >= 11 is 0. The molecule has 1 aliphatic rings. The molecule has 2 atom stereocenters. The van der Waals surface area contributed by atoms with Crippen LogP contribution >= 0.6 is 0 Å². The summed E-state index contributed by atoms with van der Waals surface area (Å²) in [6.45, 7) is 0. The van der Waals surface area contributed by atoms with Gasteiger partial charge in [-0.15, -0.1) is 0 Å². The quantitative estimate of drug-likeness (QED) is 0.784. The van der Waals surface area contributed by atoms with Gasteiger partial charge >= 0.3 is 0 Å². The molecule has 0 saturated heterocycles. The molecular formula is C20H22O3. The molecule has 1 saturated carbocycles. The molecule has 0 spiro atoms. The summed E-state index contributed by atoms with van der Waals surface area (Å²) in [7, 11) is 4.93. The molecule has 0 heterocycles. The molecule has 0 bridgehead atoms.